The Morgan fingerprint density at radius 1 is 1.00 bits per heavy atom. The maximum Gasteiger partial charge on any atom is 0.219 e. The molecule has 0 aromatic heterocycles. The average molecular weight is 171 g/mol. The summed E-state index contributed by atoms with van der Waals surface area (Å²) >= 11 is 0. The van der Waals surface area contributed by atoms with Gasteiger partial charge in [-0.25, -0.2) is 0 Å². The zero-order valence-corrected chi connectivity index (χ0v) is 8.31. The van der Waals surface area contributed by atoms with Crippen LogP contribution < -0.4 is 5.73 Å². The minimum Gasteiger partial charge on any atom is -0.369 e. The Morgan fingerprint density at radius 3 is 1.25 bits per heavy atom. The van der Waals surface area contributed by atoms with Crippen LogP contribution in [0.1, 0.15) is 52.4 Å². The summed E-state index contributed by atoms with van der Waals surface area (Å²) in [6.07, 6.45) is 9.00. The summed E-state index contributed by atoms with van der Waals surface area (Å²) in [6.45, 7) is 3.53. The Bertz CT molecular complexity index is 105. The zero-order chi connectivity index (χ0) is 9.40. The van der Waals surface area contributed by atoms with Crippen molar-refractivity contribution < 1.29 is 4.79 Å². The Hall–Kier alpha value is -0.530. The number of amides is 1. The van der Waals surface area contributed by atoms with E-state index in [1.54, 1.807) is 13.8 Å². The van der Waals surface area contributed by atoms with Crippen LogP contribution in [0.25, 0.3) is 0 Å². The first-order valence-corrected chi connectivity index (χ1v) is 4.94. The minimum atomic E-state index is -0.241. The quantitative estimate of drug-likeness (QED) is 0.647. The Labute approximate surface area is 75.5 Å². The highest BCUT2D eigenvalue weighted by molar-refractivity contribution is 5.75. The molecule has 0 heterocycles. The molecule has 1 fully saturated rings. The first-order valence-electron chi connectivity index (χ1n) is 4.94. The molecule has 0 aromatic carbocycles. The summed E-state index contributed by atoms with van der Waals surface area (Å²) in [6, 6.07) is 0. The van der Waals surface area contributed by atoms with E-state index in [1.165, 1.54) is 38.5 Å². The Morgan fingerprint density at radius 2 is 1.17 bits per heavy atom. The van der Waals surface area contributed by atoms with Gasteiger partial charge in [0.05, 0.1) is 0 Å². The lowest BCUT2D eigenvalue weighted by Crippen LogP contribution is -2.17. The largest absolute Gasteiger partial charge is 0.369 e. The highest BCUT2D eigenvalue weighted by Gasteiger charge is 1.96. The van der Waals surface area contributed by atoms with Crippen LogP contribution in [0.15, 0.2) is 0 Å². The smallest absolute Gasteiger partial charge is 0.219 e. The summed E-state index contributed by atoms with van der Waals surface area (Å²) in [7, 11) is 0. The van der Waals surface area contributed by atoms with E-state index >= 15 is 0 Å². The SMILES string of the molecule is C1CCCCC1.CC(C)C(N)=O. The Kier molecular flexibility index (Phi) is 6.82. The molecule has 0 bridgehead atoms. The third-order valence-electron chi connectivity index (χ3n) is 2.07. The van der Waals surface area contributed by atoms with Crippen molar-refractivity contribution in [3.63, 3.8) is 0 Å². The summed E-state index contributed by atoms with van der Waals surface area (Å²) in [5.74, 6) is -0.250. The van der Waals surface area contributed by atoms with Crippen LogP contribution in [-0.4, -0.2) is 5.91 Å². The van der Waals surface area contributed by atoms with Gasteiger partial charge in [-0.15, -0.1) is 0 Å². The van der Waals surface area contributed by atoms with Gasteiger partial charge in [-0.1, -0.05) is 52.4 Å². The molecule has 1 amide bonds. The number of carbonyl (C=O) groups is 1. The highest BCUT2D eigenvalue weighted by Crippen LogP contribution is 2.15. The standard InChI is InChI=1S/C6H12.C4H9NO/c1-2-4-6-5-3-1;1-3(2)4(5)6/h1-6H2;3H,1-2H3,(H2,5,6). The molecule has 2 heteroatoms. The van der Waals surface area contributed by atoms with Crippen LogP contribution in [0.2, 0.25) is 0 Å². The second kappa shape index (κ2) is 7.14. The van der Waals surface area contributed by atoms with E-state index in [0.29, 0.717) is 0 Å². The molecular weight excluding hydrogens is 150 g/mol. The van der Waals surface area contributed by atoms with E-state index in [1.807, 2.05) is 0 Å². The van der Waals surface area contributed by atoms with Crippen LogP contribution >= 0.6 is 0 Å². The molecule has 1 aliphatic rings. The average Bonchev–Trinajstić information content (AvgIpc) is 2.08. The number of hydrogen-bond acceptors (Lipinski definition) is 1. The maximum atomic E-state index is 9.92. The van der Waals surface area contributed by atoms with E-state index in [4.69, 9.17) is 5.73 Å². The van der Waals surface area contributed by atoms with Gasteiger partial charge in [-0.05, 0) is 0 Å². The van der Waals surface area contributed by atoms with Gasteiger partial charge in [0.25, 0.3) is 0 Å². The van der Waals surface area contributed by atoms with Crippen LogP contribution in [0.3, 0.4) is 0 Å². The van der Waals surface area contributed by atoms with Gasteiger partial charge in [0, 0.05) is 5.92 Å². The van der Waals surface area contributed by atoms with Crippen LogP contribution in [0, 0.1) is 5.92 Å². The number of hydrogen-bond donors (Lipinski definition) is 1. The molecule has 72 valence electrons. The molecule has 0 radical (unpaired) electrons. The molecule has 0 aromatic rings. The molecule has 2 N–H and O–H groups in total. The second-order valence-corrected chi connectivity index (χ2v) is 3.68. The normalized spacial score (nSPS) is 16.6. The molecule has 1 rings (SSSR count). The van der Waals surface area contributed by atoms with Crippen molar-refractivity contribution in [2.45, 2.75) is 52.4 Å². The van der Waals surface area contributed by atoms with Crippen molar-refractivity contribution in [2.24, 2.45) is 11.7 Å². The van der Waals surface area contributed by atoms with Gasteiger partial charge in [0.1, 0.15) is 0 Å². The van der Waals surface area contributed by atoms with Gasteiger partial charge in [-0.3, -0.25) is 4.79 Å². The van der Waals surface area contributed by atoms with Crippen molar-refractivity contribution in [3.8, 4) is 0 Å². The number of primary amides is 1. The zero-order valence-electron chi connectivity index (χ0n) is 8.31. The molecule has 0 aliphatic heterocycles. The predicted molar refractivity (Wildman–Crippen MR) is 51.7 cm³/mol. The molecule has 0 atom stereocenters. The minimum absolute atomic E-state index is 0.00926. The fraction of sp³-hybridized carbons (Fsp3) is 0.900. The Balaban J connectivity index is 0.000000202. The highest BCUT2D eigenvalue weighted by atomic mass is 16.1. The van der Waals surface area contributed by atoms with Crippen molar-refractivity contribution in [2.75, 3.05) is 0 Å². The van der Waals surface area contributed by atoms with Crippen LogP contribution in [0.4, 0.5) is 0 Å². The number of carbonyl (C=O) groups excluding carboxylic acids is 1. The van der Waals surface area contributed by atoms with Gasteiger partial charge in [0.2, 0.25) is 5.91 Å². The summed E-state index contributed by atoms with van der Waals surface area (Å²) in [5, 5.41) is 0. The summed E-state index contributed by atoms with van der Waals surface area (Å²) < 4.78 is 0. The van der Waals surface area contributed by atoms with Gasteiger partial charge < -0.3 is 5.73 Å². The van der Waals surface area contributed by atoms with Gasteiger partial charge in [0.15, 0.2) is 0 Å². The lowest BCUT2D eigenvalue weighted by atomic mass is 10.0. The van der Waals surface area contributed by atoms with E-state index in [-0.39, 0.29) is 11.8 Å². The van der Waals surface area contributed by atoms with Gasteiger partial charge in [-0.2, -0.15) is 0 Å². The first kappa shape index (κ1) is 11.5. The summed E-state index contributed by atoms with van der Waals surface area (Å²) in [5.41, 5.74) is 4.80. The molecule has 0 spiro atoms. The monoisotopic (exact) mass is 171 g/mol. The van der Waals surface area contributed by atoms with Crippen molar-refractivity contribution in [3.05, 3.63) is 0 Å². The topological polar surface area (TPSA) is 43.1 Å². The third kappa shape index (κ3) is 7.58. The molecule has 12 heavy (non-hydrogen) atoms. The van der Waals surface area contributed by atoms with Crippen molar-refractivity contribution in [1.82, 2.24) is 0 Å². The molecule has 0 unspecified atom stereocenters. The van der Waals surface area contributed by atoms with E-state index < -0.39 is 0 Å². The number of nitrogens with two attached hydrogens (primary N) is 1. The first-order chi connectivity index (χ1) is 5.64. The maximum absolute atomic E-state index is 9.92. The molecule has 1 aliphatic carbocycles. The third-order valence-corrected chi connectivity index (χ3v) is 2.07. The molecular formula is C10H21NO. The fourth-order valence-electron chi connectivity index (χ4n) is 1.06. The van der Waals surface area contributed by atoms with E-state index in [0.717, 1.165) is 0 Å². The summed E-state index contributed by atoms with van der Waals surface area (Å²) in [4.78, 5) is 9.92. The molecule has 0 saturated heterocycles. The number of rotatable bonds is 1. The fourth-order valence-corrected chi connectivity index (χ4v) is 1.06. The molecule has 1 saturated carbocycles. The molecule has 2 nitrogen and oxygen atoms in total. The second-order valence-electron chi connectivity index (χ2n) is 3.68. The lowest BCUT2D eigenvalue weighted by Gasteiger charge is -2.05. The van der Waals surface area contributed by atoms with Crippen molar-refractivity contribution >= 4 is 5.91 Å². The van der Waals surface area contributed by atoms with E-state index in [9.17, 15) is 4.79 Å². The van der Waals surface area contributed by atoms with Crippen molar-refractivity contribution in [1.29, 1.82) is 0 Å². The van der Waals surface area contributed by atoms with Gasteiger partial charge >= 0.3 is 0 Å². The van der Waals surface area contributed by atoms with E-state index in [2.05, 4.69) is 0 Å². The lowest BCUT2D eigenvalue weighted by molar-refractivity contribution is -0.120. The van der Waals surface area contributed by atoms with Crippen LogP contribution in [0.5, 0.6) is 0 Å². The van der Waals surface area contributed by atoms with Crippen LogP contribution in [-0.2, 0) is 4.79 Å². The predicted octanol–water partition coefficient (Wildman–Crippen LogP) is 2.47.